The van der Waals surface area contributed by atoms with Crippen LogP contribution in [0.3, 0.4) is 0 Å². The molecule has 1 aliphatic heterocycles. The van der Waals surface area contributed by atoms with Gasteiger partial charge in [0, 0.05) is 17.5 Å². The first-order valence-electron chi connectivity index (χ1n) is 7.25. The summed E-state index contributed by atoms with van der Waals surface area (Å²) in [5.41, 5.74) is 3.90. The van der Waals surface area contributed by atoms with E-state index in [1.165, 1.54) is 21.8 Å². The molecule has 0 fully saturated rings. The van der Waals surface area contributed by atoms with Gasteiger partial charge >= 0.3 is 0 Å². The predicted octanol–water partition coefficient (Wildman–Crippen LogP) is 4.89. The molecular formula is C18H19ClN2S. The Morgan fingerprint density at radius 3 is 2.59 bits per heavy atom. The molecule has 0 spiro atoms. The minimum Gasteiger partial charge on any atom is -0.310 e. The average molecular weight is 331 g/mol. The first-order chi connectivity index (χ1) is 10.2. The Kier molecular flexibility index (Phi) is 3.89. The summed E-state index contributed by atoms with van der Waals surface area (Å²) in [5, 5.41) is 7.35. The normalized spacial score (nSPS) is 18.7. The largest absolute Gasteiger partial charge is 0.310 e. The lowest BCUT2D eigenvalue weighted by Crippen LogP contribution is -2.39. The van der Waals surface area contributed by atoms with Crippen LogP contribution in [-0.2, 0) is 5.54 Å². The maximum atomic E-state index is 3.84. The van der Waals surface area contributed by atoms with Gasteiger partial charge in [-0.1, -0.05) is 30.3 Å². The average Bonchev–Trinajstić information content (AvgIpc) is 3.12. The van der Waals surface area contributed by atoms with E-state index < -0.39 is 0 Å². The Balaban J connectivity index is 0.00000144. The second kappa shape index (κ2) is 5.58. The van der Waals surface area contributed by atoms with E-state index >= 15 is 0 Å². The smallest absolute Gasteiger partial charge is 0.104 e. The van der Waals surface area contributed by atoms with Crippen molar-refractivity contribution in [1.82, 2.24) is 9.88 Å². The quantitative estimate of drug-likeness (QED) is 0.672. The number of nitrogens with zero attached hydrogens (tertiary/aromatic N) is 1. The molecule has 1 aromatic carbocycles. The van der Waals surface area contributed by atoms with Gasteiger partial charge in [-0.3, -0.25) is 5.32 Å². The summed E-state index contributed by atoms with van der Waals surface area (Å²) in [6, 6.07) is 17.5. The SMILES string of the molecule is CC1(C)NC(c2ccccc2)c2ccsc2-n2cccc21.Cl. The monoisotopic (exact) mass is 330 g/mol. The minimum atomic E-state index is -0.0806. The number of hydrogen-bond acceptors (Lipinski definition) is 2. The van der Waals surface area contributed by atoms with Crippen molar-refractivity contribution in [3.63, 3.8) is 0 Å². The lowest BCUT2D eigenvalue weighted by atomic mass is 9.95. The summed E-state index contributed by atoms with van der Waals surface area (Å²) in [4.78, 5) is 0. The highest BCUT2D eigenvalue weighted by molar-refractivity contribution is 7.12. The third kappa shape index (κ3) is 2.30. The molecule has 1 atom stereocenters. The third-order valence-corrected chi connectivity index (χ3v) is 5.16. The molecule has 0 saturated heterocycles. The van der Waals surface area contributed by atoms with Gasteiger partial charge < -0.3 is 4.57 Å². The summed E-state index contributed by atoms with van der Waals surface area (Å²) >= 11 is 1.81. The zero-order valence-corrected chi connectivity index (χ0v) is 14.2. The van der Waals surface area contributed by atoms with Crippen LogP contribution in [0.4, 0.5) is 0 Å². The Hall–Kier alpha value is -1.55. The number of rotatable bonds is 1. The van der Waals surface area contributed by atoms with Crippen molar-refractivity contribution < 1.29 is 0 Å². The number of thiophene rings is 1. The lowest BCUT2D eigenvalue weighted by molar-refractivity contribution is 0.366. The molecule has 1 aliphatic rings. The molecule has 3 aromatic rings. The van der Waals surface area contributed by atoms with E-state index in [0.29, 0.717) is 0 Å². The fraction of sp³-hybridized carbons (Fsp3) is 0.222. The second-order valence-corrected chi connectivity index (χ2v) is 6.95. The van der Waals surface area contributed by atoms with Crippen LogP contribution in [0.15, 0.2) is 60.1 Å². The molecule has 4 heteroatoms. The van der Waals surface area contributed by atoms with E-state index in [1.807, 2.05) is 11.3 Å². The number of hydrogen-bond donors (Lipinski definition) is 1. The van der Waals surface area contributed by atoms with Crippen molar-refractivity contribution in [2.24, 2.45) is 0 Å². The summed E-state index contributed by atoms with van der Waals surface area (Å²) in [5.74, 6) is 0. The summed E-state index contributed by atoms with van der Waals surface area (Å²) in [6.07, 6.45) is 2.17. The molecule has 0 saturated carbocycles. The summed E-state index contributed by atoms with van der Waals surface area (Å²) in [6.45, 7) is 4.51. The van der Waals surface area contributed by atoms with Crippen LogP contribution in [-0.4, -0.2) is 4.57 Å². The Morgan fingerprint density at radius 1 is 1.05 bits per heavy atom. The van der Waals surface area contributed by atoms with Gasteiger partial charge in [0.1, 0.15) is 5.00 Å². The third-order valence-electron chi connectivity index (χ3n) is 4.23. The highest BCUT2D eigenvalue weighted by atomic mass is 35.5. The van der Waals surface area contributed by atoms with Crippen molar-refractivity contribution in [2.75, 3.05) is 0 Å². The van der Waals surface area contributed by atoms with Gasteiger partial charge in [0.05, 0.1) is 11.6 Å². The van der Waals surface area contributed by atoms with Gasteiger partial charge in [-0.25, -0.2) is 0 Å². The number of aromatic nitrogens is 1. The van der Waals surface area contributed by atoms with Crippen molar-refractivity contribution in [2.45, 2.75) is 25.4 Å². The fourth-order valence-electron chi connectivity index (χ4n) is 3.21. The Bertz CT molecular complexity index is 773. The number of benzene rings is 1. The van der Waals surface area contributed by atoms with E-state index in [1.54, 1.807) is 0 Å². The van der Waals surface area contributed by atoms with Gasteiger partial charge in [-0.15, -0.1) is 23.7 Å². The zero-order chi connectivity index (χ0) is 14.4. The topological polar surface area (TPSA) is 17.0 Å². The molecule has 2 aromatic heterocycles. The van der Waals surface area contributed by atoms with Crippen LogP contribution >= 0.6 is 23.7 Å². The summed E-state index contributed by atoms with van der Waals surface area (Å²) < 4.78 is 2.33. The van der Waals surface area contributed by atoms with Crippen molar-refractivity contribution >= 4 is 23.7 Å². The van der Waals surface area contributed by atoms with Crippen LogP contribution in [0.25, 0.3) is 5.00 Å². The number of halogens is 1. The first kappa shape index (κ1) is 15.3. The standard InChI is InChI=1S/C18H18N2S.ClH/c1-18(2)15-9-6-11-20(15)17-14(10-12-21-17)16(19-18)13-7-4-3-5-8-13;/h3-12,16,19H,1-2H3;1H. The van der Waals surface area contributed by atoms with E-state index in [2.05, 4.69) is 83.8 Å². The first-order valence-corrected chi connectivity index (χ1v) is 8.13. The van der Waals surface area contributed by atoms with Gasteiger partial charge in [0.2, 0.25) is 0 Å². The van der Waals surface area contributed by atoms with E-state index in [0.717, 1.165) is 0 Å². The van der Waals surface area contributed by atoms with E-state index in [4.69, 9.17) is 0 Å². The molecule has 0 aliphatic carbocycles. The molecule has 2 nitrogen and oxygen atoms in total. The summed E-state index contributed by atoms with van der Waals surface area (Å²) in [7, 11) is 0. The van der Waals surface area contributed by atoms with Crippen molar-refractivity contribution in [3.8, 4) is 5.00 Å². The van der Waals surface area contributed by atoms with Crippen LogP contribution < -0.4 is 5.32 Å². The zero-order valence-electron chi connectivity index (χ0n) is 12.6. The van der Waals surface area contributed by atoms with Gasteiger partial charge in [-0.05, 0) is 43.0 Å². The Labute approximate surface area is 141 Å². The minimum absolute atomic E-state index is 0. The number of nitrogens with one attached hydrogen (secondary N) is 1. The van der Waals surface area contributed by atoms with Crippen LogP contribution in [0, 0.1) is 0 Å². The van der Waals surface area contributed by atoms with Gasteiger partial charge in [-0.2, -0.15) is 0 Å². The molecule has 1 unspecified atom stereocenters. The van der Waals surface area contributed by atoms with Crippen LogP contribution in [0.1, 0.15) is 36.7 Å². The molecule has 1 N–H and O–H groups in total. The van der Waals surface area contributed by atoms with Crippen LogP contribution in [0.2, 0.25) is 0 Å². The molecule has 22 heavy (non-hydrogen) atoms. The predicted molar refractivity (Wildman–Crippen MR) is 95.3 cm³/mol. The highest BCUT2D eigenvalue weighted by Gasteiger charge is 2.34. The molecule has 0 radical (unpaired) electrons. The lowest BCUT2D eigenvalue weighted by Gasteiger charge is -2.30. The highest BCUT2D eigenvalue weighted by Crippen LogP contribution is 2.39. The van der Waals surface area contributed by atoms with Gasteiger partial charge in [0.15, 0.2) is 0 Å². The molecule has 114 valence electrons. The second-order valence-electron chi connectivity index (χ2n) is 6.06. The maximum absolute atomic E-state index is 3.84. The molecule has 0 amide bonds. The van der Waals surface area contributed by atoms with Gasteiger partial charge in [0.25, 0.3) is 0 Å². The fourth-order valence-corrected chi connectivity index (χ4v) is 4.15. The van der Waals surface area contributed by atoms with Crippen LogP contribution in [0.5, 0.6) is 0 Å². The van der Waals surface area contributed by atoms with Crippen molar-refractivity contribution in [1.29, 1.82) is 0 Å². The molecule has 4 rings (SSSR count). The van der Waals surface area contributed by atoms with Crippen molar-refractivity contribution in [3.05, 3.63) is 76.9 Å². The van der Waals surface area contributed by atoms with E-state index in [-0.39, 0.29) is 24.0 Å². The maximum Gasteiger partial charge on any atom is 0.104 e. The number of fused-ring (bicyclic) bond motifs is 3. The Morgan fingerprint density at radius 2 is 1.82 bits per heavy atom. The van der Waals surface area contributed by atoms with E-state index in [9.17, 15) is 0 Å². The molecule has 0 bridgehead atoms. The molecule has 3 heterocycles. The molecular weight excluding hydrogens is 312 g/mol.